The van der Waals surface area contributed by atoms with E-state index in [1.54, 1.807) is 7.11 Å². The summed E-state index contributed by atoms with van der Waals surface area (Å²) in [6.07, 6.45) is 5.88. The van der Waals surface area contributed by atoms with Crippen molar-refractivity contribution < 1.29 is 14.3 Å². The number of hydrogen-bond acceptors (Lipinski definition) is 3. The molecule has 1 aliphatic carbocycles. The fourth-order valence-corrected chi connectivity index (χ4v) is 3.97. The Morgan fingerprint density at radius 1 is 1.24 bits per heavy atom. The van der Waals surface area contributed by atoms with Crippen LogP contribution in [-0.2, 0) is 27.3 Å². The van der Waals surface area contributed by atoms with Crippen molar-refractivity contribution in [2.24, 2.45) is 5.92 Å². The van der Waals surface area contributed by atoms with Crippen molar-refractivity contribution in [3.63, 3.8) is 0 Å². The van der Waals surface area contributed by atoms with Crippen LogP contribution in [0.1, 0.15) is 43.2 Å². The van der Waals surface area contributed by atoms with E-state index in [1.165, 1.54) is 11.1 Å². The Bertz CT molecular complexity index is 617. The molecule has 136 valence electrons. The summed E-state index contributed by atoms with van der Waals surface area (Å²) >= 11 is 0. The number of nitrogens with zero attached hydrogens (tertiary/aromatic N) is 1. The van der Waals surface area contributed by atoms with Crippen molar-refractivity contribution in [3.8, 4) is 0 Å². The summed E-state index contributed by atoms with van der Waals surface area (Å²) in [5.74, 6) is 0.351. The SMILES string of the molecule is COC1CCCC(CC(=O)NCC(=O)N2CCc3ccccc3C2)C1. The summed E-state index contributed by atoms with van der Waals surface area (Å²) in [4.78, 5) is 26.4. The van der Waals surface area contributed by atoms with Gasteiger partial charge < -0.3 is 15.0 Å². The quantitative estimate of drug-likeness (QED) is 0.891. The maximum absolute atomic E-state index is 12.4. The minimum atomic E-state index is -0.0208. The highest BCUT2D eigenvalue weighted by Crippen LogP contribution is 2.28. The van der Waals surface area contributed by atoms with Crippen molar-refractivity contribution >= 4 is 11.8 Å². The Labute approximate surface area is 149 Å². The predicted octanol–water partition coefficient (Wildman–Crippen LogP) is 2.28. The van der Waals surface area contributed by atoms with Crippen LogP contribution < -0.4 is 5.32 Å². The first kappa shape index (κ1) is 17.9. The van der Waals surface area contributed by atoms with E-state index in [9.17, 15) is 9.59 Å². The number of nitrogens with one attached hydrogen (secondary N) is 1. The van der Waals surface area contributed by atoms with Crippen LogP contribution in [0.15, 0.2) is 24.3 Å². The molecule has 0 aromatic heterocycles. The van der Waals surface area contributed by atoms with Gasteiger partial charge in [-0.1, -0.05) is 30.7 Å². The van der Waals surface area contributed by atoms with Gasteiger partial charge in [0.25, 0.3) is 0 Å². The monoisotopic (exact) mass is 344 g/mol. The summed E-state index contributed by atoms with van der Waals surface area (Å²) in [5, 5.41) is 2.81. The third-order valence-corrected chi connectivity index (χ3v) is 5.46. The van der Waals surface area contributed by atoms with Crippen LogP contribution in [0.25, 0.3) is 0 Å². The van der Waals surface area contributed by atoms with Gasteiger partial charge in [-0.15, -0.1) is 0 Å². The number of carbonyl (C=O) groups excluding carboxylic acids is 2. The van der Waals surface area contributed by atoms with Crippen LogP contribution >= 0.6 is 0 Å². The standard InChI is InChI=1S/C20H28N2O3/c1-25-18-8-4-5-15(11-18)12-19(23)21-13-20(24)22-10-9-16-6-2-3-7-17(16)14-22/h2-3,6-7,15,18H,4-5,8-14H2,1H3,(H,21,23). The molecular weight excluding hydrogens is 316 g/mol. The van der Waals surface area contributed by atoms with Gasteiger partial charge in [-0.3, -0.25) is 9.59 Å². The average Bonchev–Trinajstić information content (AvgIpc) is 2.65. The Kier molecular flexibility index (Phi) is 6.08. The number of rotatable bonds is 5. The van der Waals surface area contributed by atoms with Gasteiger partial charge in [0.05, 0.1) is 12.6 Å². The number of carbonyl (C=O) groups is 2. The van der Waals surface area contributed by atoms with Crippen molar-refractivity contribution in [2.45, 2.75) is 51.2 Å². The van der Waals surface area contributed by atoms with Gasteiger partial charge in [-0.2, -0.15) is 0 Å². The van der Waals surface area contributed by atoms with Gasteiger partial charge in [-0.25, -0.2) is 0 Å². The lowest BCUT2D eigenvalue weighted by Gasteiger charge is -2.29. The molecule has 1 aliphatic heterocycles. The Morgan fingerprint density at radius 2 is 2.04 bits per heavy atom. The Morgan fingerprint density at radius 3 is 2.84 bits per heavy atom. The predicted molar refractivity (Wildman–Crippen MR) is 95.9 cm³/mol. The van der Waals surface area contributed by atoms with Crippen LogP contribution in [0.2, 0.25) is 0 Å². The number of hydrogen-bond donors (Lipinski definition) is 1. The second-order valence-electron chi connectivity index (χ2n) is 7.21. The van der Waals surface area contributed by atoms with E-state index < -0.39 is 0 Å². The first-order chi connectivity index (χ1) is 12.2. The molecule has 1 fully saturated rings. The van der Waals surface area contributed by atoms with E-state index in [0.717, 1.165) is 38.6 Å². The van der Waals surface area contributed by atoms with E-state index in [0.29, 0.717) is 18.9 Å². The number of fused-ring (bicyclic) bond motifs is 1. The van der Waals surface area contributed by atoms with E-state index >= 15 is 0 Å². The van der Waals surface area contributed by atoms with E-state index in [2.05, 4.69) is 17.4 Å². The number of amides is 2. The smallest absolute Gasteiger partial charge is 0.242 e. The van der Waals surface area contributed by atoms with Crippen molar-refractivity contribution in [2.75, 3.05) is 20.2 Å². The largest absolute Gasteiger partial charge is 0.381 e. The molecule has 2 amide bonds. The van der Waals surface area contributed by atoms with Gasteiger partial charge in [0.2, 0.25) is 11.8 Å². The summed E-state index contributed by atoms with van der Waals surface area (Å²) in [7, 11) is 1.74. The van der Waals surface area contributed by atoms with Gasteiger partial charge >= 0.3 is 0 Å². The van der Waals surface area contributed by atoms with Crippen molar-refractivity contribution in [1.82, 2.24) is 10.2 Å². The lowest BCUT2D eigenvalue weighted by molar-refractivity contribution is -0.134. The molecule has 1 N–H and O–H groups in total. The van der Waals surface area contributed by atoms with Crippen molar-refractivity contribution in [1.29, 1.82) is 0 Å². The second kappa shape index (κ2) is 8.48. The highest BCUT2D eigenvalue weighted by molar-refractivity contribution is 5.85. The third-order valence-electron chi connectivity index (χ3n) is 5.46. The molecule has 5 nitrogen and oxygen atoms in total. The van der Waals surface area contributed by atoms with Gasteiger partial charge in [0.1, 0.15) is 0 Å². The van der Waals surface area contributed by atoms with E-state index in [1.807, 2.05) is 17.0 Å². The van der Waals surface area contributed by atoms with Crippen LogP contribution in [0.5, 0.6) is 0 Å². The fourth-order valence-electron chi connectivity index (χ4n) is 3.97. The molecule has 0 spiro atoms. The average molecular weight is 344 g/mol. The molecule has 25 heavy (non-hydrogen) atoms. The Balaban J connectivity index is 1.42. The van der Waals surface area contributed by atoms with Gasteiger partial charge in [0.15, 0.2) is 0 Å². The van der Waals surface area contributed by atoms with Crippen LogP contribution in [0, 0.1) is 5.92 Å². The van der Waals surface area contributed by atoms with Gasteiger partial charge in [-0.05, 0) is 42.7 Å². The number of benzene rings is 1. The lowest BCUT2D eigenvalue weighted by atomic mass is 9.85. The summed E-state index contributed by atoms with van der Waals surface area (Å²) < 4.78 is 5.42. The topological polar surface area (TPSA) is 58.6 Å². The molecule has 5 heteroatoms. The minimum absolute atomic E-state index is 0.00117. The first-order valence-corrected chi connectivity index (χ1v) is 9.29. The molecular formula is C20H28N2O3. The molecule has 2 aliphatic rings. The molecule has 1 saturated carbocycles. The minimum Gasteiger partial charge on any atom is -0.381 e. The molecule has 2 unspecified atom stereocenters. The van der Waals surface area contributed by atoms with Crippen LogP contribution in [0.4, 0.5) is 0 Å². The molecule has 2 atom stereocenters. The van der Waals surface area contributed by atoms with E-state index in [-0.39, 0.29) is 24.5 Å². The van der Waals surface area contributed by atoms with E-state index in [4.69, 9.17) is 4.74 Å². The summed E-state index contributed by atoms with van der Waals surface area (Å²) in [5.41, 5.74) is 2.53. The molecule has 0 saturated heterocycles. The molecule has 3 rings (SSSR count). The highest BCUT2D eigenvalue weighted by atomic mass is 16.5. The third kappa shape index (κ3) is 4.82. The summed E-state index contributed by atoms with van der Waals surface area (Å²) in [6, 6.07) is 8.24. The molecule has 1 heterocycles. The van der Waals surface area contributed by atoms with Crippen LogP contribution in [0.3, 0.4) is 0 Å². The second-order valence-corrected chi connectivity index (χ2v) is 7.21. The molecule has 1 aromatic rings. The molecule has 0 bridgehead atoms. The normalized spacial score (nSPS) is 23.0. The maximum Gasteiger partial charge on any atom is 0.242 e. The highest BCUT2D eigenvalue weighted by Gasteiger charge is 2.25. The van der Waals surface area contributed by atoms with Crippen LogP contribution in [-0.4, -0.2) is 43.0 Å². The van der Waals surface area contributed by atoms with Crippen molar-refractivity contribution in [3.05, 3.63) is 35.4 Å². The first-order valence-electron chi connectivity index (χ1n) is 9.29. The Hall–Kier alpha value is -1.88. The number of ether oxygens (including phenoxy) is 1. The lowest BCUT2D eigenvalue weighted by Crippen LogP contribution is -2.43. The number of methoxy groups -OCH3 is 1. The summed E-state index contributed by atoms with van der Waals surface area (Å²) in [6.45, 7) is 1.47. The zero-order valence-electron chi connectivity index (χ0n) is 15.0. The molecule has 0 radical (unpaired) electrons. The fraction of sp³-hybridized carbons (Fsp3) is 0.600. The van der Waals surface area contributed by atoms with Gasteiger partial charge in [0, 0.05) is 26.6 Å². The zero-order chi connectivity index (χ0) is 17.6. The zero-order valence-corrected chi connectivity index (χ0v) is 15.0. The molecule has 1 aromatic carbocycles. The maximum atomic E-state index is 12.4.